The number of nitrogens with one attached hydrogen (secondary N) is 1. The lowest BCUT2D eigenvalue weighted by molar-refractivity contribution is -0.144. The van der Waals surface area contributed by atoms with Crippen LogP contribution >= 0.6 is 0 Å². The summed E-state index contributed by atoms with van der Waals surface area (Å²) in [6.45, 7) is 1.69. The van der Waals surface area contributed by atoms with Gasteiger partial charge in [0.15, 0.2) is 5.58 Å². The van der Waals surface area contributed by atoms with Gasteiger partial charge in [-0.1, -0.05) is 17.2 Å². The van der Waals surface area contributed by atoms with Crippen LogP contribution in [0.3, 0.4) is 0 Å². The summed E-state index contributed by atoms with van der Waals surface area (Å²) < 4.78 is 11.6. The Kier molecular flexibility index (Phi) is 5.77. The Labute approximate surface area is 135 Å². The molecule has 11 heteroatoms. The average molecular weight is 334 g/mol. The highest BCUT2D eigenvalue weighted by atomic mass is 16.5. The third kappa shape index (κ3) is 4.25. The number of para-hydroxylation sites is 2. The van der Waals surface area contributed by atoms with E-state index in [2.05, 4.69) is 25.8 Å². The summed E-state index contributed by atoms with van der Waals surface area (Å²) >= 11 is 0. The monoisotopic (exact) mass is 334 g/mol. The quantitative estimate of drug-likeness (QED) is 0.508. The molecule has 2 heterocycles. The van der Waals surface area contributed by atoms with E-state index in [9.17, 15) is 4.79 Å². The van der Waals surface area contributed by atoms with Crippen LogP contribution in [0.15, 0.2) is 28.7 Å². The van der Waals surface area contributed by atoms with Crippen LogP contribution in [0.25, 0.3) is 11.1 Å². The smallest absolute Gasteiger partial charge is 0.327 e. The minimum atomic E-state index is -0.426. The van der Waals surface area contributed by atoms with Crippen molar-refractivity contribution in [2.45, 2.75) is 13.5 Å². The maximum Gasteiger partial charge on any atom is 0.327 e. The lowest BCUT2D eigenvalue weighted by atomic mass is 10.3. The van der Waals surface area contributed by atoms with Crippen molar-refractivity contribution in [3.63, 3.8) is 0 Å². The lowest BCUT2D eigenvalue weighted by Gasteiger charge is -2.03. The molecule has 0 saturated carbocycles. The fraction of sp³-hybridized carbons (Fsp3) is 0.231. The number of aromatic nitrogens is 5. The summed E-state index contributed by atoms with van der Waals surface area (Å²) in [6.07, 6.45) is 0. The number of rotatable bonds is 5. The van der Waals surface area contributed by atoms with Crippen molar-refractivity contribution in [1.29, 1.82) is 0 Å². The number of nitrogens with zero attached hydrogens (tertiary/aromatic N) is 5. The van der Waals surface area contributed by atoms with Gasteiger partial charge >= 0.3 is 12.0 Å². The van der Waals surface area contributed by atoms with Crippen LogP contribution in [0, 0.1) is 0 Å². The zero-order valence-corrected chi connectivity index (χ0v) is 12.6. The first-order valence-electron chi connectivity index (χ1n) is 6.80. The molecule has 126 valence electrons. The number of benzene rings is 1. The molecular formula is C13H14N6O5. The number of tetrazole rings is 1. The summed E-state index contributed by atoms with van der Waals surface area (Å²) in [5.74, 6) is -0.181. The second-order valence-electron chi connectivity index (χ2n) is 4.18. The van der Waals surface area contributed by atoms with Gasteiger partial charge in [0.25, 0.3) is 12.4 Å². The van der Waals surface area contributed by atoms with E-state index in [0.29, 0.717) is 17.7 Å². The molecule has 0 atom stereocenters. The number of oxazole rings is 1. The highest BCUT2D eigenvalue weighted by Crippen LogP contribution is 2.20. The summed E-state index contributed by atoms with van der Waals surface area (Å²) in [5.41, 5.74) is 1.36. The maximum atomic E-state index is 11.5. The number of anilines is 2. The lowest BCUT2D eigenvalue weighted by Crippen LogP contribution is -2.16. The Hall–Kier alpha value is -3.50. The van der Waals surface area contributed by atoms with Crippen molar-refractivity contribution in [3.8, 4) is 0 Å². The Morgan fingerprint density at radius 1 is 1.46 bits per heavy atom. The molecule has 0 aliphatic carbocycles. The first-order valence-corrected chi connectivity index (χ1v) is 6.80. The molecule has 0 radical (unpaired) electrons. The molecular weight excluding hydrogens is 320 g/mol. The third-order valence-electron chi connectivity index (χ3n) is 2.63. The summed E-state index contributed by atoms with van der Waals surface area (Å²) in [6, 6.07) is 7.58. The molecule has 0 amide bonds. The standard InChI is InChI=1S/C12H12N6O3.CH2O2/c1-2-20-10(19)7-18-11(15-16-17-18)14-12-13-8-5-3-4-6-9(8)21-12;2-1-3/h3-6H,2,7H2,1H3,(H,13,14,15,17);1H,(H,2,3). The van der Waals surface area contributed by atoms with Gasteiger partial charge < -0.3 is 14.3 Å². The second kappa shape index (κ2) is 8.22. The van der Waals surface area contributed by atoms with Crippen molar-refractivity contribution >= 4 is 35.5 Å². The largest absolute Gasteiger partial charge is 0.483 e. The molecule has 3 aromatic rings. The van der Waals surface area contributed by atoms with Crippen molar-refractivity contribution in [2.24, 2.45) is 0 Å². The molecule has 1 aromatic carbocycles. The molecule has 0 bridgehead atoms. The Bertz CT molecular complexity index is 781. The molecule has 0 aliphatic rings. The number of carbonyl (C=O) groups excluding carboxylic acids is 1. The van der Waals surface area contributed by atoms with Crippen LogP contribution in [0.4, 0.5) is 12.0 Å². The number of carboxylic acid groups (broad SMARTS) is 1. The number of fused-ring (bicyclic) bond motifs is 1. The average Bonchev–Trinajstić information content (AvgIpc) is 3.15. The van der Waals surface area contributed by atoms with Gasteiger partial charge in [-0.25, -0.2) is 4.68 Å². The van der Waals surface area contributed by atoms with E-state index in [-0.39, 0.29) is 25.0 Å². The van der Waals surface area contributed by atoms with Crippen molar-refractivity contribution < 1.29 is 23.8 Å². The van der Waals surface area contributed by atoms with Crippen LogP contribution < -0.4 is 5.32 Å². The molecule has 2 aromatic heterocycles. The highest BCUT2D eigenvalue weighted by Gasteiger charge is 2.13. The zero-order valence-electron chi connectivity index (χ0n) is 12.6. The van der Waals surface area contributed by atoms with Crippen molar-refractivity contribution in [1.82, 2.24) is 25.2 Å². The molecule has 3 rings (SSSR count). The molecule has 0 saturated heterocycles. The van der Waals surface area contributed by atoms with Crippen LogP contribution in [0.5, 0.6) is 0 Å². The molecule has 0 spiro atoms. The van der Waals surface area contributed by atoms with Gasteiger partial charge in [-0.15, -0.1) is 0 Å². The van der Waals surface area contributed by atoms with E-state index < -0.39 is 5.97 Å². The minimum absolute atomic E-state index is 0.0938. The van der Waals surface area contributed by atoms with Gasteiger partial charge in [-0.3, -0.25) is 14.9 Å². The van der Waals surface area contributed by atoms with E-state index in [1.165, 1.54) is 4.68 Å². The van der Waals surface area contributed by atoms with Gasteiger partial charge in [0.2, 0.25) is 0 Å². The molecule has 24 heavy (non-hydrogen) atoms. The zero-order chi connectivity index (χ0) is 17.4. The summed E-state index contributed by atoms with van der Waals surface area (Å²) in [7, 11) is 0. The SMILES string of the molecule is CCOC(=O)Cn1nnnc1Nc1nc2ccccc2o1.O=CO. The highest BCUT2D eigenvalue weighted by molar-refractivity contribution is 5.74. The minimum Gasteiger partial charge on any atom is -0.483 e. The molecule has 0 aliphatic heterocycles. The van der Waals surface area contributed by atoms with Crippen LogP contribution in [-0.2, 0) is 20.9 Å². The second-order valence-corrected chi connectivity index (χ2v) is 4.18. The van der Waals surface area contributed by atoms with Gasteiger partial charge in [0.1, 0.15) is 12.1 Å². The summed E-state index contributed by atoms with van der Waals surface area (Å²) in [4.78, 5) is 24.1. The van der Waals surface area contributed by atoms with E-state index in [1.54, 1.807) is 13.0 Å². The van der Waals surface area contributed by atoms with Crippen molar-refractivity contribution in [3.05, 3.63) is 24.3 Å². The third-order valence-corrected chi connectivity index (χ3v) is 2.63. The van der Waals surface area contributed by atoms with Crippen LogP contribution in [0.1, 0.15) is 6.92 Å². The molecule has 0 unspecified atom stereocenters. The fourth-order valence-electron chi connectivity index (χ4n) is 1.75. The first-order chi connectivity index (χ1) is 11.7. The number of hydrogen-bond acceptors (Lipinski definition) is 9. The molecule has 0 fully saturated rings. The van der Waals surface area contributed by atoms with Gasteiger partial charge in [-0.2, -0.15) is 4.98 Å². The van der Waals surface area contributed by atoms with Crippen LogP contribution in [0.2, 0.25) is 0 Å². The first kappa shape index (κ1) is 16.9. The van der Waals surface area contributed by atoms with E-state index in [4.69, 9.17) is 19.1 Å². The van der Waals surface area contributed by atoms with Gasteiger partial charge in [-0.05, 0) is 29.5 Å². The Balaban J connectivity index is 0.000000647. The van der Waals surface area contributed by atoms with Crippen LogP contribution in [-0.4, -0.2) is 49.3 Å². The van der Waals surface area contributed by atoms with E-state index >= 15 is 0 Å². The Morgan fingerprint density at radius 3 is 2.92 bits per heavy atom. The normalized spacial score (nSPS) is 9.88. The van der Waals surface area contributed by atoms with Gasteiger partial charge in [0, 0.05) is 0 Å². The molecule has 2 N–H and O–H groups in total. The number of esters is 1. The van der Waals surface area contributed by atoms with Gasteiger partial charge in [0.05, 0.1) is 6.61 Å². The number of hydrogen-bond donors (Lipinski definition) is 2. The molecule has 11 nitrogen and oxygen atoms in total. The fourth-order valence-corrected chi connectivity index (χ4v) is 1.75. The van der Waals surface area contributed by atoms with Crippen molar-refractivity contribution in [2.75, 3.05) is 11.9 Å². The van der Waals surface area contributed by atoms with E-state index in [0.717, 1.165) is 0 Å². The Morgan fingerprint density at radius 2 is 2.21 bits per heavy atom. The number of carbonyl (C=O) groups is 2. The predicted molar refractivity (Wildman–Crippen MR) is 80.4 cm³/mol. The number of ether oxygens (including phenoxy) is 1. The summed E-state index contributed by atoms with van der Waals surface area (Å²) in [5, 5.41) is 20.7. The maximum absolute atomic E-state index is 11.5. The predicted octanol–water partition coefficient (Wildman–Crippen LogP) is 0.822. The van der Waals surface area contributed by atoms with E-state index in [1.807, 2.05) is 18.2 Å². The topological polar surface area (TPSA) is 145 Å².